The molecule has 1 amide bonds. The van der Waals surface area contributed by atoms with Gasteiger partial charge in [-0.1, -0.05) is 26.0 Å². The molecule has 2 aliphatic rings. The highest BCUT2D eigenvalue weighted by Gasteiger charge is 2.44. The Hall–Kier alpha value is -3.41. The van der Waals surface area contributed by atoms with E-state index in [1.807, 2.05) is 35.2 Å². The number of amides is 1. The van der Waals surface area contributed by atoms with E-state index in [2.05, 4.69) is 42.8 Å². The number of carbonyl (C=O) groups is 1. The van der Waals surface area contributed by atoms with Crippen LogP contribution in [0.1, 0.15) is 42.7 Å². The smallest absolute Gasteiger partial charge is 0.253 e. The number of para-hydroxylation sites is 2. The second-order valence-electron chi connectivity index (χ2n) is 9.19. The average Bonchev–Trinajstić information content (AvgIpc) is 3.34. The van der Waals surface area contributed by atoms with Gasteiger partial charge in [0.1, 0.15) is 5.75 Å². The van der Waals surface area contributed by atoms with Crippen molar-refractivity contribution in [1.82, 2.24) is 9.47 Å². The maximum Gasteiger partial charge on any atom is 0.253 e. The monoisotopic (exact) mass is 446 g/mol. The van der Waals surface area contributed by atoms with Gasteiger partial charge in [-0.25, -0.2) is 0 Å². The van der Waals surface area contributed by atoms with Crippen molar-refractivity contribution in [2.45, 2.75) is 32.3 Å². The molecule has 2 aliphatic heterocycles. The predicted octanol–water partition coefficient (Wildman–Crippen LogP) is 5.04. The summed E-state index contributed by atoms with van der Waals surface area (Å²) in [6, 6.07) is 17.8. The summed E-state index contributed by atoms with van der Waals surface area (Å²) in [5.41, 5.74) is 2.41. The number of likely N-dealkylation sites (tertiary alicyclic amines) is 1. The zero-order valence-electron chi connectivity index (χ0n) is 19.4. The van der Waals surface area contributed by atoms with Gasteiger partial charge in [-0.15, -0.1) is 0 Å². The molecule has 0 bridgehead atoms. The SMILES string of the molecule is COc1cc(C(=O)N2CCC3(CC2)Oc2ccccc2-n2cccc23)ccc1OCC(C)C. The highest BCUT2D eigenvalue weighted by Crippen LogP contribution is 2.45. The molecule has 0 unspecified atom stereocenters. The molecule has 1 fully saturated rings. The number of piperidine rings is 1. The lowest BCUT2D eigenvalue weighted by molar-refractivity contribution is -0.00931. The molecule has 1 saturated heterocycles. The third-order valence-corrected chi connectivity index (χ3v) is 6.49. The van der Waals surface area contributed by atoms with Crippen LogP contribution in [0.2, 0.25) is 0 Å². The molecule has 0 aliphatic carbocycles. The molecule has 5 rings (SSSR count). The first-order valence-electron chi connectivity index (χ1n) is 11.6. The van der Waals surface area contributed by atoms with Crippen molar-refractivity contribution in [3.63, 3.8) is 0 Å². The van der Waals surface area contributed by atoms with Gasteiger partial charge >= 0.3 is 0 Å². The number of benzene rings is 2. The normalized spacial score (nSPS) is 16.2. The lowest BCUT2D eigenvalue weighted by Gasteiger charge is -2.45. The molecule has 172 valence electrons. The van der Waals surface area contributed by atoms with Crippen LogP contribution in [0.3, 0.4) is 0 Å². The van der Waals surface area contributed by atoms with Gasteiger partial charge in [0.05, 0.1) is 25.1 Å². The highest BCUT2D eigenvalue weighted by molar-refractivity contribution is 5.95. The first kappa shape index (κ1) is 21.4. The van der Waals surface area contributed by atoms with Gasteiger partial charge in [0.2, 0.25) is 0 Å². The number of fused-ring (bicyclic) bond motifs is 4. The summed E-state index contributed by atoms with van der Waals surface area (Å²) >= 11 is 0. The fourth-order valence-corrected chi connectivity index (χ4v) is 4.76. The van der Waals surface area contributed by atoms with Gasteiger partial charge in [0, 0.05) is 37.7 Å². The van der Waals surface area contributed by atoms with Crippen LogP contribution in [-0.2, 0) is 5.60 Å². The standard InChI is InChI=1S/C27H30N2O4/c1-19(2)18-32-23-11-10-20(17-24(23)31-3)26(30)28-15-12-27(13-16-28)25-9-6-14-29(25)21-7-4-5-8-22(21)33-27/h4-11,14,17,19H,12-13,15-16,18H2,1-3H3. The van der Waals surface area contributed by atoms with Crippen molar-refractivity contribution in [2.24, 2.45) is 5.92 Å². The minimum atomic E-state index is -0.416. The van der Waals surface area contributed by atoms with Crippen molar-refractivity contribution in [1.29, 1.82) is 0 Å². The number of methoxy groups -OCH3 is 1. The van der Waals surface area contributed by atoms with Crippen LogP contribution in [-0.4, -0.2) is 42.2 Å². The Morgan fingerprint density at radius 2 is 1.85 bits per heavy atom. The minimum absolute atomic E-state index is 0.00477. The number of aromatic nitrogens is 1. The molecule has 0 atom stereocenters. The zero-order chi connectivity index (χ0) is 23.0. The molecule has 0 radical (unpaired) electrons. The van der Waals surface area contributed by atoms with E-state index >= 15 is 0 Å². The molecular formula is C27H30N2O4. The van der Waals surface area contributed by atoms with Crippen molar-refractivity contribution in [3.05, 3.63) is 72.1 Å². The van der Waals surface area contributed by atoms with Crippen LogP contribution >= 0.6 is 0 Å². The lowest BCUT2D eigenvalue weighted by atomic mass is 9.86. The maximum absolute atomic E-state index is 13.3. The number of hydrogen-bond donors (Lipinski definition) is 0. The Balaban J connectivity index is 1.32. The molecule has 0 N–H and O–H groups in total. The lowest BCUT2D eigenvalue weighted by Crippen LogP contribution is -2.50. The van der Waals surface area contributed by atoms with Gasteiger partial charge in [-0.05, 0) is 48.4 Å². The van der Waals surface area contributed by atoms with Crippen LogP contribution in [0, 0.1) is 5.92 Å². The molecule has 6 nitrogen and oxygen atoms in total. The van der Waals surface area contributed by atoms with Crippen LogP contribution in [0.25, 0.3) is 5.69 Å². The van der Waals surface area contributed by atoms with Crippen molar-refractivity contribution >= 4 is 5.91 Å². The van der Waals surface area contributed by atoms with Gasteiger partial charge in [-0.2, -0.15) is 0 Å². The second kappa shape index (κ2) is 8.50. The molecule has 3 aromatic rings. The van der Waals surface area contributed by atoms with E-state index in [4.69, 9.17) is 14.2 Å². The largest absolute Gasteiger partial charge is 0.493 e. The number of ether oxygens (including phenoxy) is 3. The topological polar surface area (TPSA) is 52.9 Å². The van der Waals surface area contributed by atoms with Gasteiger partial charge in [0.15, 0.2) is 17.1 Å². The number of nitrogens with zero attached hydrogens (tertiary/aromatic N) is 2. The number of hydrogen-bond acceptors (Lipinski definition) is 4. The fourth-order valence-electron chi connectivity index (χ4n) is 4.76. The van der Waals surface area contributed by atoms with Gasteiger partial charge < -0.3 is 23.7 Å². The summed E-state index contributed by atoms with van der Waals surface area (Å²) in [6.45, 7) is 6.04. The molecule has 3 heterocycles. The summed E-state index contributed by atoms with van der Waals surface area (Å²) in [4.78, 5) is 15.2. The third kappa shape index (κ3) is 3.84. The van der Waals surface area contributed by atoms with Crippen molar-refractivity contribution < 1.29 is 19.0 Å². The molecule has 1 spiro atoms. The summed E-state index contributed by atoms with van der Waals surface area (Å²) in [5.74, 6) is 2.55. The average molecular weight is 447 g/mol. The third-order valence-electron chi connectivity index (χ3n) is 6.49. The summed E-state index contributed by atoms with van der Waals surface area (Å²) in [5, 5.41) is 0. The van der Waals surface area contributed by atoms with E-state index in [0.29, 0.717) is 42.7 Å². The van der Waals surface area contributed by atoms with Gasteiger partial charge in [0.25, 0.3) is 5.91 Å². The van der Waals surface area contributed by atoms with Crippen molar-refractivity contribution in [2.75, 3.05) is 26.8 Å². The number of carbonyl (C=O) groups excluding carboxylic acids is 1. The molecule has 1 aromatic heterocycles. The fraction of sp³-hybridized carbons (Fsp3) is 0.370. The second-order valence-corrected chi connectivity index (χ2v) is 9.19. The van der Waals surface area contributed by atoms with E-state index in [-0.39, 0.29) is 5.91 Å². The summed E-state index contributed by atoms with van der Waals surface area (Å²) in [7, 11) is 1.60. The van der Waals surface area contributed by atoms with Crippen LogP contribution in [0.4, 0.5) is 0 Å². The first-order chi connectivity index (χ1) is 16.0. The first-order valence-corrected chi connectivity index (χ1v) is 11.6. The Labute approximate surface area is 194 Å². The Morgan fingerprint density at radius 3 is 2.61 bits per heavy atom. The predicted molar refractivity (Wildman–Crippen MR) is 127 cm³/mol. The summed E-state index contributed by atoms with van der Waals surface area (Å²) < 4.78 is 20.1. The van der Waals surface area contributed by atoms with Gasteiger partial charge in [-0.3, -0.25) is 4.79 Å². The van der Waals surface area contributed by atoms with E-state index in [0.717, 1.165) is 30.0 Å². The van der Waals surface area contributed by atoms with E-state index in [1.165, 1.54) is 0 Å². The highest BCUT2D eigenvalue weighted by atomic mass is 16.5. The summed E-state index contributed by atoms with van der Waals surface area (Å²) in [6.07, 6.45) is 3.57. The van der Waals surface area contributed by atoms with E-state index < -0.39 is 5.60 Å². The molecule has 33 heavy (non-hydrogen) atoms. The maximum atomic E-state index is 13.3. The van der Waals surface area contributed by atoms with Crippen LogP contribution in [0.5, 0.6) is 17.2 Å². The van der Waals surface area contributed by atoms with E-state index in [1.54, 1.807) is 13.2 Å². The minimum Gasteiger partial charge on any atom is -0.493 e. The number of rotatable bonds is 5. The quantitative estimate of drug-likeness (QED) is 0.551. The van der Waals surface area contributed by atoms with E-state index in [9.17, 15) is 4.79 Å². The molecular weight excluding hydrogens is 416 g/mol. The van der Waals surface area contributed by atoms with Crippen LogP contribution in [0.15, 0.2) is 60.8 Å². The zero-order valence-corrected chi connectivity index (χ0v) is 19.4. The van der Waals surface area contributed by atoms with Crippen molar-refractivity contribution in [3.8, 4) is 22.9 Å². The van der Waals surface area contributed by atoms with Crippen LogP contribution < -0.4 is 14.2 Å². The Kier molecular flexibility index (Phi) is 5.52. The Bertz CT molecular complexity index is 1160. The molecule has 2 aromatic carbocycles. The molecule has 0 saturated carbocycles. The molecule has 6 heteroatoms. The Morgan fingerprint density at radius 1 is 1.06 bits per heavy atom.